The number of nitrogens with one attached hydrogen (secondary N) is 3. The highest BCUT2D eigenvalue weighted by atomic mass is 32.3. The lowest BCUT2D eigenvalue weighted by molar-refractivity contribution is -0.364. The summed E-state index contributed by atoms with van der Waals surface area (Å²) < 4.78 is 87.7. The van der Waals surface area contributed by atoms with Crippen molar-refractivity contribution in [3.63, 3.8) is 0 Å². The van der Waals surface area contributed by atoms with Crippen LogP contribution in [0.2, 0.25) is 0 Å². The van der Waals surface area contributed by atoms with Crippen molar-refractivity contribution in [2.45, 2.75) is 209 Å². The largest absolute Gasteiger partial charge is 0.494 e. The Hall–Kier alpha value is -4.13. The van der Waals surface area contributed by atoms with Gasteiger partial charge in [0, 0.05) is 41.3 Å². The molecule has 20 unspecified atom stereocenters. The first-order valence-electron chi connectivity index (χ1n) is 27.3. The average molecular weight is 1200 g/mol. The van der Waals surface area contributed by atoms with Crippen molar-refractivity contribution in [3.05, 3.63) is 42.0 Å². The summed E-state index contributed by atoms with van der Waals surface area (Å²) in [5.41, 5.74) is 0.531. The van der Waals surface area contributed by atoms with Gasteiger partial charge in [0.1, 0.15) is 103 Å². The quantitative estimate of drug-likeness (QED) is 0.0270. The van der Waals surface area contributed by atoms with Gasteiger partial charge in [-0.15, -0.1) is 0 Å². The number of aliphatic hydroxyl groups excluding tert-OH is 8. The highest BCUT2D eigenvalue weighted by Crippen LogP contribution is 2.36. The monoisotopic (exact) mass is 1200 g/mol. The molecule has 5 rings (SSSR count). The number of allylic oxidation sites excluding steroid dienone is 2. The van der Waals surface area contributed by atoms with Crippen molar-refractivity contribution < 1.29 is 119 Å². The molecule has 4 saturated heterocycles. The standard InChI is InChI=1S/C52H84N4O25S/c1-8-9-10-11-12-13-14-15-16-20-73-32-19-17-18-31(21-32)22-56(30(5)63)40-45(68)41(64)33(23-57)75-52(40)81-47-35(25-59)77-50(39(44(47)67)55-29(4)62)79-46-34(24-58)76-51(38(43(46)66)54-28(3)61)80-48-36(26-74-82(69,70)72-7)78-49(71-6)37(42(48)65)53-27(2)60/h13-14,17-19,21,33-52,57-59,64-68H,8-12,15-16,20,22-26H2,1-7H3,(H,53,60)(H,54,61)(H,55,62)/b14-13-. The van der Waals surface area contributed by atoms with Crippen LogP contribution in [-0.2, 0) is 82.4 Å². The van der Waals surface area contributed by atoms with Gasteiger partial charge in [0.2, 0.25) is 23.6 Å². The molecule has 0 aromatic heterocycles. The van der Waals surface area contributed by atoms with E-state index in [1.165, 1.54) is 33.3 Å². The molecule has 0 saturated carbocycles. The fourth-order valence-electron chi connectivity index (χ4n) is 10.1. The molecule has 0 spiro atoms. The van der Waals surface area contributed by atoms with Crippen molar-refractivity contribution in [2.24, 2.45) is 0 Å². The van der Waals surface area contributed by atoms with E-state index in [2.05, 4.69) is 39.2 Å². The van der Waals surface area contributed by atoms with Crippen molar-refractivity contribution in [1.82, 2.24) is 20.9 Å². The van der Waals surface area contributed by atoms with Crippen LogP contribution in [0, 0.1) is 0 Å². The van der Waals surface area contributed by atoms with Crippen LogP contribution in [0.25, 0.3) is 0 Å². The third-order valence-electron chi connectivity index (χ3n) is 14.2. The minimum atomic E-state index is -4.63. The van der Waals surface area contributed by atoms with E-state index in [1.54, 1.807) is 24.3 Å². The fourth-order valence-corrected chi connectivity index (χ4v) is 10.5. The Bertz CT molecular complexity index is 2310. The molecule has 0 bridgehead atoms. The maximum atomic E-state index is 13.6. The summed E-state index contributed by atoms with van der Waals surface area (Å²) in [7, 11) is -2.64. The second-order valence-electron chi connectivity index (χ2n) is 20.3. The molecule has 4 heterocycles. The number of hydrogen-bond acceptors (Lipinski definition) is 25. The molecule has 0 aliphatic carbocycles. The first kappa shape index (κ1) is 68.6. The van der Waals surface area contributed by atoms with E-state index in [-0.39, 0.29) is 6.54 Å². The van der Waals surface area contributed by atoms with Crippen LogP contribution in [0.4, 0.5) is 0 Å². The van der Waals surface area contributed by atoms with Gasteiger partial charge in [0.15, 0.2) is 25.2 Å². The van der Waals surface area contributed by atoms with Gasteiger partial charge in [0.05, 0.1) is 40.1 Å². The number of hydrogen-bond donors (Lipinski definition) is 11. The van der Waals surface area contributed by atoms with E-state index >= 15 is 0 Å². The van der Waals surface area contributed by atoms with Crippen molar-refractivity contribution in [3.8, 4) is 5.75 Å². The molecule has 4 fully saturated rings. The molecule has 82 heavy (non-hydrogen) atoms. The Labute approximate surface area is 476 Å². The molecular weight excluding hydrogens is 1110 g/mol. The van der Waals surface area contributed by atoms with E-state index in [4.69, 9.17) is 46.8 Å². The number of benzene rings is 1. The van der Waals surface area contributed by atoms with Crippen LogP contribution in [0.15, 0.2) is 36.4 Å². The Kier molecular flexibility index (Phi) is 27.6. The number of nitrogens with zero attached hydrogens (tertiary/aromatic N) is 1. The number of unbranched alkanes of at least 4 members (excludes halogenated alkanes) is 5. The number of methoxy groups -OCH3 is 1. The Morgan fingerprint density at radius 2 is 1.11 bits per heavy atom. The second-order valence-corrected chi connectivity index (χ2v) is 21.7. The summed E-state index contributed by atoms with van der Waals surface area (Å²) in [6.45, 7) is 3.12. The lowest BCUT2D eigenvalue weighted by Crippen LogP contribution is -2.71. The van der Waals surface area contributed by atoms with E-state index in [0.717, 1.165) is 58.5 Å². The number of amides is 4. The van der Waals surface area contributed by atoms with Crippen LogP contribution in [0.3, 0.4) is 0 Å². The summed E-state index contributed by atoms with van der Waals surface area (Å²) in [5.74, 6) is -2.37. The zero-order valence-corrected chi connectivity index (χ0v) is 47.9. The molecule has 468 valence electrons. The van der Waals surface area contributed by atoms with E-state index < -0.39 is 183 Å². The molecule has 20 atom stereocenters. The van der Waals surface area contributed by atoms with Gasteiger partial charge in [-0.2, -0.15) is 8.42 Å². The van der Waals surface area contributed by atoms with Crippen molar-refractivity contribution in [2.75, 3.05) is 47.3 Å². The topological polar surface area (TPSA) is 405 Å². The number of carbonyl (C=O) groups excluding carboxylic acids is 4. The van der Waals surface area contributed by atoms with Gasteiger partial charge < -0.3 is 104 Å². The highest BCUT2D eigenvalue weighted by Gasteiger charge is 2.57. The van der Waals surface area contributed by atoms with Crippen LogP contribution in [0.5, 0.6) is 5.75 Å². The van der Waals surface area contributed by atoms with Gasteiger partial charge in [-0.3, -0.25) is 23.4 Å². The van der Waals surface area contributed by atoms with Crippen LogP contribution in [-0.4, -0.2) is 248 Å². The lowest BCUT2D eigenvalue weighted by atomic mass is 9.92. The maximum Gasteiger partial charge on any atom is 0.399 e. The Balaban J connectivity index is 1.39. The predicted molar refractivity (Wildman–Crippen MR) is 281 cm³/mol. The number of rotatable bonds is 30. The highest BCUT2D eigenvalue weighted by molar-refractivity contribution is 7.81. The summed E-state index contributed by atoms with van der Waals surface area (Å²) >= 11 is 0. The molecule has 11 N–H and O–H groups in total. The fraction of sp³-hybridized carbons (Fsp3) is 0.769. The summed E-state index contributed by atoms with van der Waals surface area (Å²) in [5, 5.41) is 98.1. The molecule has 1 aromatic carbocycles. The zero-order valence-electron chi connectivity index (χ0n) is 47.1. The first-order chi connectivity index (χ1) is 39.0. The zero-order chi connectivity index (χ0) is 60.4. The first-order valence-corrected chi connectivity index (χ1v) is 28.6. The minimum Gasteiger partial charge on any atom is -0.494 e. The van der Waals surface area contributed by atoms with Gasteiger partial charge in [0.25, 0.3) is 0 Å². The van der Waals surface area contributed by atoms with Crippen LogP contribution < -0.4 is 20.7 Å². The predicted octanol–water partition coefficient (Wildman–Crippen LogP) is -3.01. The molecular formula is C52H84N4O25S. The molecule has 1 aromatic rings. The van der Waals surface area contributed by atoms with E-state index in [1.807, 2.05) is 0 Å². The number of carbonyl (C=O) groups is 4. The third-order valence-corrected chi connectivity index (χ3v) is 15.0. The van der Waals surface area contributed by atoms with E-state index in [9.17, 15) is 68.4 Å². The molecule has 4 aliphatic rings. The van der Waals surface area contributed by atoms with Crippen molar-refractivity contribution in [1.29, 1.82) is 0 Å². The van der Waals surface area contributed by atoms with Crippen molar-refractivity contribution >= 4 is 34.0 Å². The molecule has 0 radical (unpaired) electrons. The molecule has 4 aliphatic heterocycles. The number of ether oxygens (including phenoxy) is 9. The van der Waals surface area contributed by atoms with Gasteiger partial charge in [-0.1, -0.05) is 50.5 Å². The minimum absolute atomic E-state index is 0.204. The normalized spacial score (nSPS) is 34.3. The molecule has 4 amide bonds. The second kappa shape index (κ2) is 33.0. The van der Waals surface area contributed by atoms with Gasteiger partial charge in [-0.25, -0.2) is 4.18 Å². The molecule has 30 heteroatoms. The Morgan fingerprint density at radius 1 is 0.622 bits per heavy atom. The summed E-state index contributed by atoms with van der Waals surface area (Å²) in [6.07, 6.45) is -16.5. The number of aliphatic hydroxyl groups is 8. The lowest BCUT2D eigenvalue weighted by Gasteiger charge is -2.51. The summed E-state index contributed by atoms with van der Waals surface area (Å²) in [6, 6.07) is 0.484. The summed E-state index contributed by atoms with van der Waals surface area (Å²) in [4.78, 5) is 52.6. The smallest absolute Gasteiger partial charge is 0.399 e. The molecule has 29 nitrogen and oxygen atoms in total. The Morgan fingerprint density at radius 3 is 1.60 bits per heavy atom. The maximum absolute atomic E-state index is 13.6. The van der Waals surface area contributed by atoms with Crippen LogP contribution >= 0.6 is 0 Å². The van der Waals surface area contributed by atoms with Crippen LogP contribution in [0.1, 0.15) is 85.1 Å². The third kappa shape index (κ3) is 18.7. The SMILES string of the molecule is CCCCCC/C=C\CCCOc1cccc(CN(C(C)=O)C2C(OC3C(CO)OC(OC4C(CO)OC(OC5C(COS(=O)(=O)OC)OC(OC)C(NC(C)=O)C5O)C(NC(C)=O)C4O)C(NC(C)=O)C3O)OC(CO)C(O)C2O)c1. The van der Waals surface area contributed by atoms with Gasteiger partial charge >= 0.3 is 10.4 Å². The van der Waals surface area contributed by atoms with E-state index in [0.29, 0.717) is 17.9 Å². The average Bonchev–Trinajstić information content (AvgIpc) is 3.35. The van der Waals surface area contributed by atoms with Gasteiger partial charge in [-0.05, 0) is 43.4 Å².